The Kier molecular flexibility index (Phi) is 4.25. The Bertz CT molecular complexity index is 616. The van der Waals surface area contributed by atoms with Crippen molar-refractivity contribution in [2.24, 2.45) is 0 Å². The van der Waals surface area contributed by atoms with Crippen LogP contribution in [0.4, 0.5) is 4.79 Å². The van der Waals surface area contributed by atoms with E-state index in [9.17, 15) is 9.59 Å². The fourth-order valence-electron chi connectivity index (χ4n) is 3.00. The minimum absolute atomic E-state index is 0.279. The molecule has 0 aliphatic carbocycles. The zero-order chi connectivity index (χ0) is 17.4. The minimum Gasteiger partial charge on any atom is -0.456 e. The second kappa shape index (κ2) is 6.09. The highest BCUT2D eigenvalue weighted by Gasteiger charge is 2.53. The first-order valence-corrected chi connectivity index (χ1v) is 8.14. The molecule has 3 rings (SSSR count). The van der Waals surface area contributed by atoms with Gasteiger partial charge in [-0.3, -0.25) is 0 Å². The van der Waals surface area contributed by atoms with Crippen LogP contribution in [0.25, 0.3) is 0 Å². The van der Waals surface area contributed by atoms with Crippen molar-refractivity contribution >= 4 is 12.1 Å². The molecule has 2 aliphatic rings. The first-order chi connectivity index (χ1) is 11.3. The van der Waals surface area contributed by atoms with Gasteiger partial charge in [0.2, 0.25) is 0 Å². The van der Waals surface area contributed by atoms with Crippen LogP contribution < -0.4 is 0 Å². The molecule has 0 saturated carbocycles. The van der Waals surface area contributed by atoms with Crippen LogP contribution in [0.3, 0.4) is 0 Å². The van der Waals surface area contributed by atoms with Gasteiger partial charge in [-0.05, 0) is 32.9 Å². The lowest BCUT2D eigenvalue weighted by Crippen LogP contribution is -2.63. The number of rotatable bonds is 2. The number of nitrogens with zero attached hydrogens (tertiary/aromatic N) is 1. The Hall–Kier alpha value is -2.08. The summed E-state index contributed by atoms with van der Waals surface area (Å²) in [5.41, 5.74) is -0.384. The highest BCUT2D eigenvalue weighted by molar-refractivity contribution is 5.89. The standard InChI is InChI=1S/C18H23NO5/c1-17(2,3)24-16(21)19-11-18(12-19)9-14(10-22-18)23-15(20)13-7-5-4-6-8-13/h4-8,14H,9-12H2,1-3H3/t14-/m1/s1. The first kappa shape index (κ1) is 16.8. The van der Waals surface area contributed by atoms with E-state index in [0.717, 1.165) is 0 Å². The molecule has 0 bridgehead atoms. The summed E-state index contributed by atoms with van der Waals surface area (Å²) >= 11 is 0. The zero-order valence-electron chi connectivity index (χ0n) is 14.3. The number of ether oxygens (including phenoxy) is 3. The molecule has 0 unspecified atom stereocenters. The first-order valence-electron chi connectivity index (χ1n) is 8.14. The van der Waals surface area contributed by atoms with E-state index in [-0.39, 0.29) is 18.2 Å². The number of amides is 1. The van der Waals surface area contributed by atoms with Gasteiger partial charge in [-0.2, -0.15) is 0 Å². The zero-order valence-corrected chi connectivity index (χ0v) is 14.3. The van der Waals surface area contributed by atoms with E-state index in [4.69, 9.17) is 14.2 Å². The van der Waals surface area contributed by atoms with Crippen molar-refractivity contribution in [3.8, 4) is 0 Å². The molecule has 1 aromatic carbocycles. The van der Waals surface area contributed by atoms with Crippen molar-refractivity contribution in [1.82, 2.24) is 4.90 Å². The van der Waals surface area contributed by atoms with Crippen molar-refractivity contribution in [2.45, 2.75) is 44.5 Å². The maximum absolute atomic E-state index is 12.1. The van der Waals surface area contributed by atoms with Gasteiger partial charge in [-0.1, -0.05) is 18.2 Å². The maximum Gasteiger partial charge on any atom is 0.410 e. The van der Waals surface area contributed by atoms with Crippen molar-refractivity contribution in [1.29, 1.82) is 0 Å². The predicted molar refractivity (Wildman–Crippen MR) is 86.8 cm³/mol. The normalized spacial score (nSPS) is 22.1. The smallest absolute Gasteiger partial charge is 0.410 e. The van der Waals surface area contributed by atoms with Gasteiger partial charge >= 0.3 is 12.1 Å². The summed E-state index contributed by atoms with van der Waals surface area (Å²) in [5, 5.41) is 0. The Morgan fingerprint density at radius 1 is 1.21 bits per heavy atom. The number of hydrogen-bond acceptors (Lipinski definition) is 5. The fraction of sp³-hybridized carbons (Fsp3) is 0.556. The van der Waals surface area contributed by atoms with E-state index < -0.39 is 11.2 Å². The third kappa shape index (κ3) is 3.70. The van der Waals surface area contributed by atoms with Gasteiger partial charge in [0, 0.05) is 6.42 Å². The molecule has 2 saturated heterocycles. The van der Waals surface area contributed by atoms with E-state index in [1.54, 1.807) is 29.2 Å². The summed E-state index contributed by atoms with van der Waals surface area (Å²) in [4.78, 5) is 25.7. The van der Waals surface area contributed by atoms with E-state index >= 15 is 0 Å². The van der Waals surface area contributed by atoms with Gasteiger partial charge < -0.3 is 19.1 Å². The number of benzene rings is 1. The van der Waals surface area contributed by atoms with E-state index in [2.05, 4.69) is 0 Å². The van der Waals surface area contributed by atoms with Crippen molar-refractivity contribution < 1.29 is 23.8 Å². The molecular weight excluding hydrogens is 310 g/mol. The lowest BCUT2D eigenvalue weighted by atomic mass is 9.90. The molecule has 2 fully saturated rings. The summed E-state index contributed by atoms with van der Waals surface area (Å²) in [6.07, 6.45) is -0.00910. The SMILES string of the molecule is CC(C)(C)OC(=O)N1CC2(C[C@@H](OC(=O)c3ccccc3)CO2)C1. The largest absolute Gasteiger partial charge is 0.456 e. The third-order valence-corrected chi connectivity index (χ3v) is 4.07. The molecule has 1 amide bonds. The molecule has 0 aromatic heterocycles. The highest BCUT2D eigenvalue weighted by Crippen LogP contribution is 2.37. The van der Waals surface area contributed by atoms with Gasteiger partial charge in [-0.15, -0.1) is 0 Å². The summed E-state index contributed by atoms with van der Waals surface area (Å²) in [6.45, 7) is 6.83. The van der Waals surface area contributed by atoms with Crippen molar-refractivity contribution in [3.05, 3.63) is 35.9 Å². The fourth-order valence-corrected chi connectivity index (χ4v) is 3.00. The molecule has 2 aliphatic heterocycles. The van der Waals surface area contributed by atoms with Crippen LogP contribution in [-0.4, -0.2) is 54.0 Å². The Morgan fingerprint density at radius 3 is 2.50 bits per heavy atom. The summed E-state index contributed by atoms with van der Waals surface area (Å²) < 4.78 is 16.7. The topological polar surface area (TPSA) is 65.1 Å². The highest BCUT2D eigenvalue weighted by atomic mass is 16.6. The Labute approximate surface area is 141 Å². The van der Waals surface area contributed by atoms with Crippen LogP contribution in [0.5, 0.6) is 0 Å². The molecule has 1 spiro atoms. The molecule has 1 aromatic rings. The molecule has 24 heavy (non-hydrogen) atoms. The van der Waals surface area contributed by atoms with Crippen molar-refractivity contribution in [3.63, 3.8) is 0 Å². The average Bonchev–Trinajstić information content (AvgIpc) is 2.89. The van der Waals surface area contributed by atoms with Gasteiger partial charge in [0.1, 0.15) is 17.3 Å². The summed E-state index contributed by atoms with van der Waals surface area (Å²) in [5.74, 6) is -0.343. The van der Waals surface area contributed by atoms with Crippen LogP contribution in [0.2, 0.25) is 0 Å². The Balaban J connectivity index is 1.49. The van der Waals surface area contributed by atoms with E-state index in [1.165, 1.54) is 0 Å². The summed E-state index contributed by atoms with van der Waals surface area (Å²) in [6, 6.07) is 8.90. The molecule has 0 radical (unpaired) electrons. The van der Waals surface area contributed by atoms with Crippen LogP contribution in [0.15, 0.2) is 30.3 Å². The van der Waals surface area contributed by atoms with E-state index in [1.807, 2.05) is 26.8 Å². The van der Waals surface area contributed by atoms with Crippen LogP contribution in [-0.2, 0) is 14.2 Å². The number of esters is 1. The minimum atomic E-state index is -0.510. The van der Waals surface area contributed by atoms with Gasteiger partial charge in [0.05, 0.1) is 25.3 Å². The molecule has 1 atom stereocenters. The van der Waals surface area contributed by atoms with Crippen LogP contribution in [0.1, 0.15) is 37.6 Å². The van der Waals surface area contributed by atoms with Crippen LogP contribution in [0, 0.1) is 0 Å². The molecule has 6 heteroatoms. The van der Waals surface area contributed by atoms with Gasteiger partial charge in [0.25, 0.3) is 0 Å². The molecular formula is C18H23NO5. The second-order valence-corrected chi connectivity index (χ2v) is 7.43. The molecule has 0 N–H and O–H groups in total. The summed E-state index contributed by atoms with van der Waals surface area (Å²) in [7, 11) is 0. The monoisotopic (exact) mass is 333 g/mol. The third-order valence-electron chi connectivity index (χ3n) is 4.07. The Morgan fingerprint density at radius 2 is 1.88 bits per heavy atom. The van der Waals surface area contributed by atoms with Gasteiger partial charge in [-0.25, -0.2) is 9.59 Å². The average molecular weight is 333 g/mol. The number of likely N-dealkylation sites (tertiary alicyclic amines) is 1. The second-order valence-electron chi connectivity index (χ2n) is 7.43. The van der Waals surface area contributed by atoms with Gasteiger partial charge in [0.15, 0.2) is 0 Å². The quantitative estimate of drug-likeness (QED) is 0.779. The predicted octanol–water partition coefficient (Wildman–Crippen LogP) is 2.62. The maximum atomic E-state index is 12.1. The lowest BCUT2D eigenvalue weighted by Gasteiger charge is -2.46. The van der Waals surface area contributed by atoms with Crippen LogP contribution >= 0.6 is 0 Å². The van der Waals surface area contributed by atoms with E-state index in [0.29, 0.717) is 31.7 Å². The number of carbonyl (C=O) groups is 2. The number of hydrogen-bond donors (Lipinski definition) is 0. The van der Waals surface area contributed by atoms with Crippen molar-refractivity contribution in [2.75, 3.05) is 19.7 Å². The molecule has 130 valence electrons. The molecule has 2 heterocycles. The molecule has 6 nitrogen and oxygen atoms in total. The lowest BCUT2D eigenvalue weighted by molar-refractivity contribution is -0.109. The number of carbonyl (C=O) groups excluding carboxylic acids is 2.